The van der Waals surface area contributed by atoms with Crippen molar-refractivity contribution in [3.05, 3.63) is 29.3 Å². The highest BCUT2D eigenvalue weighted by molar-refractivity contribution is 5.88. The van der Waals surface area contributed by atoms with Crippen LogP contribution in [0.2, 0.25) is 0 Å². The third-order valence-electron chi connectivity index (χ3n) is 2.72. The molecule has 0 fully saturated rings. The van der Waals surface area contributed by atoms with E-state index < -0.39 is 18.2 Å². The molecule has 20 heavy (non-hydrogen) atoms. The van der Waals surface area contributed by atoms with Gasteiger partial charge in [-0.2, -0.15) is 0 Å². The van der Waals surface area contributed by atoms with Crippen molar-refractivity contribution in [1.29, 1.82) is 0 Å². The molecule has 1 aromatic rings. The van der Waals surface area contributed by atoms with Crippen LogP contribution in [0.5, 0.6) is 5.75 Å². The molecule has 0 saturated carbocycles. The second-order valence-corrected chi connectivity index (χ2v) is 4.21. The molecule has 1 aromatic carbocycles. The maximum Gasteiger partial charge on any atom is 0.335 e. The van der Waals surface area contributed by atoms with Crippen molar-refractivity contribution in [2.45, 2.75) is 19.1 Å². The number of benzene rings is 1. The molecule has 0 saturated heterocycles. The van der Waals surface area contributed by atoms with Crippen LogP contribution in [-0.4, -0.2) is 47.0 Å². The molecule has 0 aliphatic carbocycles. The fraction of sp³-hybridized carbons (Fsp3) is 0.385. The van der Waals surface area contributed by atoms with Gasteiger partial charge in [-0.3, -0.25) is 4.79 Å². The van der Waals surface area contributed by atoms with Crippen molar-refractivity contribution in [3.8, 4) is 5.75 Å². The molecule has 110 valence electrons. The summed E-state index contributed by atoms with van der Waals surface area (Å²) in [6, 6.07) is 3.95. The summed E-state index contributed by atoms with van der Waals surface area (Å²) in [4.78, 5) is 21.7. The Balaban J connectivity index is 2.99. The molecule has 0 radical (unpaired) electrons. The van der Waals surface area contributed by atoms with Gasteiger partial charge in [0.15, 0.2) is 0 Å². The van der Waals surface area contributed by atoms with Gasteiger partial charge < -0.3 is 25.4 Å². The van der Waals surface area contributed by atoms with E-state index in [-0.39, 0.29) is 29.3 Å². The van der Waals surface area contributed by atoms with E-state index in [0.717, 1.165) is 0 Å². The number of carbonyl (C=O) groups excluding carboxylic acids is 1. The first-order valence-electron chi connectivity index (χ1n) is 5.88. The quantitative estimate of drug-likeness (QED) is 0.580. The average molecular weight is 283 g/mol. The molecule has 1 rings (SSSR count). The van der Waals surface area contributed by atoms with Crippen LogP contribution in [0.15, 0.2) is 18.2 Å². The maximum atomic E-state index is 10.9. The smallest absolute Gasteiger partial charge is 0.335 e. The van der Waals surface area contributed by atoms with Crippen LogP contribution in [0, 0.1) is 0 Å². The molecule has 0 aliphatic rings. The first kappa shape index (κ1) is 15.9. The lowest BCUT2D eigenvalue weighted by Gasteiger charge is -2.20. The normalized spacial score (nSPS) is 13.4. The number of carbonyl (C=O) groups is 2. The minimum absolute atomic E-state index is 0.0356. The molecule has 2 unspecified atom stereocenters. The van der Waals surface area contributed by atoms with E-state index >= 15 is 0 Å². The highest BCUT2D eigenvalue weighted by Crippen LogP contribution is 2.28. The van der Waals surface area contributed by atoms with E-state index in [9.17, 15) is 19.8 Å². The fourth-order valence-corrected chi connectivity index (χ4v) is 1.67. The van der Waals surface area contributed by atoms with Crippen LogP contribution in [0.25, 0.3) is 0 Å². The van der Waals surface area contributed by atoms with Crippen molar-refractivity contribution in [2.24, 2.45) is 0 Å². The number of hydrogen-bond donors (Lipinski definition) is 4. The number of aromatic carboxylic acids is 1. The molecule has 0 aliphatic heterocycles. The lowest BCUT2D eigenvalue weighted by molar-refractivity contribution is -0.119. The highest BCUT2D eigenvalue weighted by Gasteiger charge is 2.23. The summed E-state index contributed by atoms with van der Waals surface area (Å²) in [6.07, 6.45) is -2.66. The third-order valence-corrected chi connectivity index (χ3v) is 2.72. The first-order valence-corrected chi connectivity index (χ1v) is 5.88. The van der Waals surface area contributed by atoms with Gasteiger partial charge in [-0.25, -0.2) is 4.79 Å². The Hall–Kier alpha value is -2.12. The van der Waals surface area contributed by atoms with Gasteiger partial charge in [-0.15, -0.1) is 0 Å². The SMILES string of the molecule is COc1ccc(C(=O)O)cc1C(O)C(O)CNC(C)=O. The standard InChI is InChI=1S/C13H17NO6/c1-7(15)14-6-10(16)12(17)9-5-8(13(18)19)3-4-11(9)20-2/h3-5,10,12,16-17H,6H2,1-2H3,(H,14,15)(H,18,19). The Morgan fingerprint density at radius 1 is 1.35 bits per heavy atom. The molecule has 0 bridgehead atoms. The molecule has 7 heteroatoms. The molecule has 0 spiro atoms. The number of ether oxygens (including phenoxy) is 1. The van der Waals surface area contributed by atoms with Crippen molar-refractivity contribution in [3.63, 3.8) is 0 Å². The fourth-order valence-electron chi connectivity index (χ4n) is 1.67. The van der Waals surface area contributed by atoms with Crippen LogP contribution >= 0.6 is 0 Å². The summed E-state index contributed by atoms with van der Waals surface area (Å²) in [5, 5.41) is 31.1. The average Bonchev–Trinajstić information content (AvgIpc) is 2.42. The van der Waals surface area contributed by atoms with E-state index in [1.807, 2.05) is 0 Å². The largest absolute Gasteiger partial charge is 0.496 e. The first-order chi connectivity index (χ1) is 9.36. The number of amides is 1. The number of aliphatic hydroxyl groups is 2. The molecule has 7 nitrogen and oxygen atoms in total. The molecule has 0 aromatic heterocycles. The van der Waals surface area contributed by atoms with Crippen LogP contribution in [0.1, 0.15) is 28.9 Å². The predicted molar refractivity (Wildman–Crippen MR) is 69.6 cm³/mol. The van der Waals surface area contributed by atoms with Crippen molar-refractivity contribution >= 4 is 11.9 Å². The van der Waals surface area contributed by atoms with E-state index in [0.29, 0.717) is 0 Å². The molecular weight excluding hydrogens is 266 g/mol. The zero-order valence-corrected chi connectivity index (χ0v) is 11.2. The lowest BCUT2D eigenvalue weighted by Crippen LogP contribution is -2.34. The Morgan fingerprint density at radius 2 is 2.00 bits per heavy atom. The summed E-state index contributed by atoms with van der Waals surface area (Å²) >= 11 is 0. The van der Waals surface area contributed by atoms with Crippen LogP contribution in [-0.2, 0) is 4.79 Å². The number of carboxylic acids is 1. The van der Waals surface area contributed by atoms with Gasteiger partial charge in [0, 0.05) is 19.0 Å². The Morgan fingerprint density at radius 3 is 2.50 bits per heavy atom. The Labute approximate surface area is 115 Å². The van der Waals surface area contributed by atoms with Gasteiger partial charge in [-0.1, -0.05) is 0 Å². The number of rotatable bonds is 6. The van der Waals surface area contributed by atoms with Crippen molar-refractivity contribution in [2.75, 3.05) is 13.7 Å². The maximum absolute atomic E-state index is 10.9. The summed E-state index contributed by atoms with van der Waals surface area (Å²) in [5.41, 5.74) is 0.108. The van der Waals surface area contributed by atoms with Gasteiger partial charge in [0.05, 0.1) is 12.7 Å². The van der Waals surface area contributed by atoms with Crippen molar-refractivity contribution < 1.29 is 29.6 Å². The Kier molecular flexibility index (Phi) is 5.48. The highest BCUT2D eigenvalue weighted by atomic mass is 16.5. The van der Waals surface area contributed by atoms with Crippen LogP contribution < -0.4 is 10.1 Å². The van der Waals surface area contributed by atoms with Gasteiger partial charge in [0.2, 0.25) is 5.91 Å². The number of hydrogen-bond acceptors (Lipinski definition) is 5. The monoisotopic (exact) mass is 283 g/mol. The van der Waals surface area contributed by atoms with E-state index in [2.05, 4.69) is 5.32 Å². The predicted octanol–water partition coefficient (Wildman–Crippen LogP) is -0.0762. The lowest BCUT2D eigenvalue weighted by atomic mass is 10.0. The van der Waals surface area contributed by atoms with Gasteiger partial charge in [0.1, 0.15) is 18.0 Å². The van der Waals surface area contributed by atoms with E-state index in [1.54, 1.807) is 0 Å². The Bertz CT molecular complexity index is 502. The zero-order chi connectivity index (χ0) is 15.3. The van der Waals surface area contributed by atoms with Gasteiger partial charge in [-0.05, 0) is 18.2 Å². The molecule has 2 atom stereocenters. The van der Waals surface area contributed by atoms with Crippen molar-refractivity contribution in [1.82, 2.24) is 5.32 Å². The minimum Gasteiger partial charge on any atom is -0.496 e. The summed E-state index contributed by atoms with van der Waals surface area (Å²) in [6.45, 7) is 1.13. The van der Waals surface area contributed by atoms with Gasteiger partial charge in [0.25, 0.3) is 0 Å². The molecule has 0 heterocycles. The molecule has 1 amide bonds. The number of aliphatic hydroxyl groups excluding tert-OH is 2. The number of methoxy groups -OCH3 is 1. The zero-order valence-electron chi connectivity index (χ0n) is 11.2. The van der Waals surface area contributed by atoms with E-state index in [1.165, 1.54) is 32.2 Å². The minimum atomic E-state index is -1.38. The summed E-state index contributed by atoms with van der Waals surface area (Å²) in [5.74, 6) is -1.25. The van der Waals surface area contributed by atoms with Crippen LogP contribution in [0.3, 0.4) is 0 Å². The summed E-state index contributed by atoms with van der Waals surface area (Å²) in [7, 11) is 1.37. The summed E-state index contributed by atoms with van der Waals surface area (Å²) < 4.78 is 5.03. The number of nitrogens with one attached hydrogen (secondary N) is 1. The van der Waals surface area contributed by atoms with Gasteiger partial charge >= 0.3 is 5.97 Å². The second kappa shape index (κ2) is 6.88. The van der Waals surface area contributed by atoms with E-state index in [4.69, 9.17) is 9.84 Å². The second-order valence-electron chi connectivity index (χ2n) is 4.21. The molecule has 4 N–H and O–H groups in total. The third kappa shape index (κ3) is 3.94. The number of carboxylic acid groups (broad SMARTS) is 1. The molecular formula is C13H17NO6. The topological polar surface area (TPSA) is 116 Å². The van der Waals surface area contributed by atoms with Crippen LogP contribution in [0.4, 0.5) is 0 Å².